The molecule has 0 bridgehead atoms. The van der Waals surface area contributed by atoms with Crippen molar-refractivity contribution in [1.82, 2.24) is 3.86 Å². The van der Waals surface area contributed by atoms with Gasteiger partial charge >= 0.3 is 45.8 Å². The molecule has 0 saturated heterocycles. The minimum atomic E-state index is 0. The van der Waals surface area contributed by atoms with E-state index in [1.807, 2.05) is 0 Å². The first-order chi connectivity index (χ1) is 2.77. The second-order valence-electron chi connectivity index (χ2n) is 1.41. The molecule has 0 fully saturated rings. The fraction of sp³-hybridized carbons (Fsp3) is 1.00. The van der Waals surface area contributed by atoms with Crippen LogP contribution in [-0.2, 0) is 0 Å². The molecule has 0 N–H and O–H groups in total. The van der Waals surface area contributed by atoms with Gasteiger partial charge in [0.05, 0.1) is 0 Å². The normalized spacial score (nSPS) is 7.50. The van der Waals surface area contributed by atoms with Gasteiger partial charge in [-0.15, -0.1) is 24.8 Å². The van der Waals surface area contributed by atoms with Gasteiger partial charge in [0.25, 0.3) is 0 Å². The molecule has 0 aliphatic heterocycles. The Morgan fingerprint density at radius 2 is 1.62 bits per heavy atom. The standard InChI is InChI=1S/C4H11GeN.2ClH/c1-4-5-6(2)3;;/h4H2,1-3H3;2*1H. The molecule has 0 spiro atoms. The molecule has 0 aromatic heterocycles. The number of halogens is 2. The van der Waals surface area contributed by atoms with Crippen LogP contribution in [0.4, 0.5) is 0 Å². The monoisotopic (exact) mass is 219 g/mol. The summed E-state index contributed by atoms with van der Waals surface area (Å²) >= 11 is 0.292. The van der Waals surface area contributed by atoms with Crippen LogP contribution in [0.25, 0.3) is 0 Å². The van der Waals surface area contributed by atoms with Crippen molar-refractivity contribution < 1.29 is 0 Å². The van der Waals surface area contributed by atoms with E-state index in [0.717, 1.165) is 0 Å². The molecule has 0 saturated carbocycles. The van der Waals surface area contributed by atoms with Gasteiger partial charge in [0.2, 0.25) is 0 Å². The zero-order chi connectivity index (χ0) is 4.99. The number of rotatable bonds is 2. The fourth-order valence-corrected chi connectivity index (χ4v) is 1.64. The second-order valence-corrected chi connectivity index (χ2v) is 5.43. The molecule has 0 amide bonds. The van der Waals surface area contributed by atoms with Crippen molar-refractivity contribution in [1.29, 1.82) is 0 Å². The molecule has 8 heavy (non-hydrogen) atoms. The van der Waals surface area contributed by atoms with E-state index in [4.69, 9.17) is 0 Å². The molecule has 0 aliphatic rings. The van der Waals surface area contributed by atoms with Gasteiger partial charge in [0, 0.05) is 0 Å². The minimum Gasteiger partial charge on any atom is -0.147 e. The summed E-state index contributed by atoms with van der Waals surface area (Å²) in [5, 5.41) is 1.38. The van der Waals surface area contributed by atoms with Crippen molar-refractivity contribution in [2.75, 3.05) is 14.1 Å². The predicted octanol–water partition coefficient (Wildman–Crippen LogP) is 1.45. The van der Waals surface area contributed by atoms with Crippen LogP contribution in [0.15, 0.2) is 0 Å². The van der Waals surface area contributed by atoms with Crippen molar-refractivity contribution in [2.24, 2.45) is 0 Å². The minimum absolute atomic E-state index is 0. The number of hydrogen-bond donors (Lipinski definition) is 0. The summed E-state index contributed by atoms with van der Waals surface area (Å²) in [6.07, 6.45) is 0. The Morgan fingerprint density at radius 3 is 1.62 bits per heavy atom. The maximum Gasteiger partial charge on any atom is -0.147 e. The molecular weight excluding hydrogens is 206 g/mol. The van der Waals surface area contributed by atoms with E-state index in [2.05, 4.69) is 24.9 Å². The molecule has 0 atom stereocenters. The third-order valence-electron chi connectivity index (χ3n) is 0.474. The second kappa shape index (κ2) is 11.0. The largest absolute Gasteiger partial charge is 0.147 e. The van der Waals surface area contributed by atoms with E-state index < -0.39 is 0 Å². The van der Waals surface area contributed by atoms with Gasteiger partial charge in [-0.25, -0.2) is 0 Å². The van der Waals surface area contributed by atoms with Crippen LogP contribution in [0.3, 0.4) is 0 Å². The van der Waals surface area contributed by atoms with Crippen LogP contribution >= 0.6 is 24.8 Å². The predicted molar refractivity (Wildman–Crippen MR) is 44.4 cm³/mol. The molecule has 2 radical (unpaired) electrons. The van der Waals surface area contributed by atoms with E-state index in [0.29, 0.717) is 15.7 Å². The summed E-state index contributed by atoms with van der Waals surface area (Å²) < 4.78 is 2.31. The smallest absolute Gasteiger partial charge is 0.147 e. The Balaban J connectivity index is -0.000000125. The molecular formula is C4H13Cl2GeN. The average Bonchev–Trinajstić information content (AvgIpc) is 1.35. The first kappa shape index (κ1) is 16.0. The van der Waals surface area contributed by atoms with Crippen molar-refractivity contribution in [2.45, 2.75) is 12.2 Å². The summed E-state index contributed by atoms with van der Waals surface area (Å²) in [5.74, 6) is 0. The Hall–Kier alpha value is 1.08. The molecule has 0 aromatic carbocycles. The zero-order valence-electron chi connectivity index (χ0n) is 5.47. The molecule has 4 heteroatoms. The third-order valence-corrected chi connectivity index (χ3v) is 2.46. The van der Waals surface area contributed by atoms with Gasteiger partial charge in [-0.2, -0.15) is 0 Å². The van der Waals surface area contributed by atoms with Crippen molar-refractivity contribution in [3.8, 4) is 0 Å². The maximum absolute atomic E-state index is 2.31. The number of nitrogens with zero attached hydrogens (tertiary/aromatic N) is 1. The molecule has 0 aromatic rings. The fourth-order valence-electron chi connectivity index (χ4n) is 0.316. The van der Waals surface area contributed by atoms with Crippen LogP contribution < -0.4 is 0 Å². The summed E-state index contributed by atoms with van der Waals surface area (Å²) in [4.78, 5) is 0. The first-order valence-electron chi connectivity index (χ1n) is 2.18. The SMILES string of the molecule is C[CH2][Ge][N](C)C.Cl.Cl. The molecule has 1 nitrogen and oxygen atoms in total. The Morgan fingerprint density at radius 1 is 1.25 bits per heavy atom. The van der Waals surface area contributed by atoms with Crippen LogP contribution in [0.5, 0.6) is 0 Å². The van der Waals surface area contributed by atoms with Gasteiger partial charge in [-0.3, -0.25) is 0 Å². The summed E-state index contributed by atoms with van der Waals surface area (Å²) in [6, 6.07) is 0. The molecule has 52 valence electrons. The zero-order valence-corrected chi connectivity index (χ0v) is 9.20. The van der Waals surface area contributed by atoms with Gasteiger partial charge in [0.1, 0.15) is 0 Å². The van der Waals surface area contributed by atoms with E-state index in [9.17, 15) is 0 Å². The van der Waals surface area contributed by atoms with Crippen molar-refractivity contribution in [3.05, 3.63) is 0 Å². The maximum atomic E-state index is 2.31. The van der Waals surface area contributed by atoms with Gasteiger partial charge in [0.15, 0.2) is 0 Å². The van der Waals surface area contributed by atoms with Crippen molar-refractivity contribution >= 4 is 40.5 Å². The Kier molecular flexibility index (Phi) is 22.0. The molecule has 0 aliphatic carbocycles. The first-order valence-corrected chi connectivity index (χ1v) is 4.60. The van der Waals surface area contributed by atoms with E-state index >= 15 is 0 Å². The van der Waals surface area contributed by atoms with Crippen LogP contribution in [0.1, 0.15) is 6.92 Å². The summed E-state index contributed by atoms with van der Waals surface area (Å²) in [7, 11) is 4.28. The van der Waals surface area contributed by atoms with Crippen LogP contribution in [0, 0.1) is 0 Å². The van der Waals surface area contributed by atoms with Gasteiger partial charge < -0.3 is 0 Å². The Bertz CT molecular complexity index is 35.2. The van der Waals surface area contributed by atoms with Crippen LogP contribution in [-0.4, -0.2) is 33.6 Å². The summed E-state index contributed by atoms with van der Waals surface area (Å²) in [5.41, 5.74) is 0. The molecule has 0 heterocycles. The van der Waals surface area contributed by atoms with E-state index in [1.54, 1.807) is 0 Å². The van der Waals surface area contributed by atoms with Crippen molar-refractivity contribution in [3.63, 3.8) is 0 Å². The van der Waals surface area contributed by atoms with E-state index in [1.165, 1.54) is 5.25 Å². The van der Waals surface area contributed by atoms with E-state index in [-0.39, 0.29) is 24.8 Å². The molecule has 0 rings (SSSR count). The quantitative estimate of drug-likeness (QED) is 0.635. The third kappa shape index (κ3) is 15.7. The topological polar surface area (TPSA) is 3.24 Å². The average molecular weight is 219 g/mol. The Labute approximate surface area is 70.7 Å². The van der Waals surface area contributed by atoms with Gasteiger partial charge in [-0.05, 0) is 0 Å². The molecule has 0 unspecified atom stereocenters. The van der Waals surface area contributed by atoms with Gasteiger partial charge in [-0.1, -0.05) is 0 Å². The summed E-state index contributed by atoms with van der Waals surface area (Å²) in [6.45, 7) is 2.24. The number of hydrogen-bond acceptors (Lipinski definition) is 1. The van der Waals surface area contributed by atoms with Crippen LogP contribution in [0.2, 0.25) is 5.25 Å².